The number of benzene rings is 4. The second-order valence-corrected chi connectivity index (χ2v) is 18.1. The maximum Gasteiger partial charge on any atom is 0.254 e. The lowest BCUT2D eigenvalue weighted by atomic mass is 9.33. The van der Waals surface area contributed by atoms with Gasteiger partial charge in [-0.3, -0.25) is 4.90 Å². The molecule has 0 saturated heterocycles. The minimum Gasteiger partial charge on any atom is -0.311 e. The molecule has 0 amide bonds. The zero-order valence-electron chi connectivity index (χ0n) is 30.9. The molecule has 0 bridgehead atoms. The van der Waals surface area contributed by atoms with Crippen molar-refractivity contribution in [2.75, 3.05) is 9.80 Å². The Labute approximate surface area is 293 Å². The van der Waals surface area contributed by atoms with E-state index in [9.17, 15) is 0 Å². The summed E-state index contributed by atoms with van der Waals surface area (Å²) < 4.78 is 0. The molecule has 4 heteroatoms. The van der Waals surface area contributed by atoms with Gasteiger partial charge in [-0.2, -0.15) is 0 Å². The van der Waals surface area contributed by atoms with E-state index in [1.54, 1.807) is 0 Å². The highest BCUT2D eigenvalue weighted by Gasteiger charge is 2.49. The molecule has 1 aromatic heterocycles. The predicted octanol–water partition coefficient (Wildman–Crippen LogP) is 9.70. The number of aromatic nitrogens is 1. The van der Waals surface area contributed by atoms with Crippen LogP contribution in [0.5, 0.6) is 0 Å². The molecule has 2 aliphatic heterocycles. The molecular weight excluding hydrogens is 593 g/mol. The van der Waals surface area contributed by atoms with Gasteiger partial charge in [0.15, 0.2) is 0 Å². The molecule has 4 aliphatic rings. The van der Waals surface area contributed by atoms with Crippen molar-refractivity contribution in [3.63, 3.8) is 0 Å². The molecule has 3 nitrogen and oxygen atoms in total. The largest absolute Gasteiger partial charge is 0.311 e. The Hall–Kier alpha value is -4.31. The van der Waals surface area contributed by atoms with E-state index in [0.717, 1.165) is 24.3 Å². The monoisotopic (exact) mass is 641 g/mol. The zero-order valence-corrected chi connectivity index (χ0v) is 30.9. The van der Waals surface area contributed by atoms with Crippen LogP contribution in [0.4, 0.5) is 34.3 Å². The Morgan fingerprint density at radius 3 is 1.78 bits per heavy atom. The van der Waals surface area contributed by atoms with Gasteiger partial charge in [-0.05, 0) is 129 Å². The smallest absolute Gasteiger partial charge is 0.254 e. The fourth-order valence-corrected chi connectivity index (χ4v) is 10.7. The molecule has 0 fully saturated rings. The van der Waals surface area contributed by atoms with Crippen molar-refractivity contribution in [1.29, 1.82) is 0 Å². The van der Waals surface area contributed by atoms with E-state index in [-0.39, 0.29) is 28.4 Å². The van der Waals surface area contributed by atoms with Crippen molar-refractivity contribution < 1.29 is 0 Å². The van der Waals surface area contributed by atoms with Gasteiger partial charge in [-0.15, -0.1) is 0 Å². The second kappa shape index (κ2) is 9.68. The fourth-order valence-electron chi connectivity index (χ4n) is 10.7. The average molecular weight is 642 g/mol. The van der Waals surface area contributed by atoms with Gasteiger partial charge >= 0.3 is 0 Å². The topological polar surface area (TPSA) is 19.4 Å². The third-order valence-electron chi connectivity index (χ3n) is 12.4. The molecular formula is C45H48BN3. The van der Waals surface area contributed by atoms with Gasteiger partial charge in [-0.1, -0.05) is 103 Å². The van der Waals surface area contributed by atoms with Gasteiger partial charge in [0.1, 0.15) is 5.82 Å². The molecule has 246 valence electrons. The Morgan fingerprint density at radius 1 is 0.510 bits per heavy atom. The first-order valence-corrected chi connectivity index (χ1v) is 18.2. The normalized spacial score (nSPS) is 19.6. The molecule has 3 heterocycles. The van der Waals surface area contributed by atoms with Gasteiger partial charge in [0.05, 0.1) is 0 Å². The van der Waals surface area contributed by atoms with Crippen LogP contribution >= 0.6 is 0 Å². The maximum atomic E-state index is 5.24. The molecule has 5 aromatic rings. The Kier molecular flexibility index (Phi) is 6.07. The van der Waals surface area contributed by atoms with E-state index < -0.39 is 0 Å². The van der Waals surface area contributed by atoms with E-state index in [1.807, 2.05) is 6.20 Å². The number of fused-ring (bicyclic) bond motifs is 6. The van der Waals surface area contributed by atoms with Crippen molar-refractivity contribution in [3.05, 3.63) is 118 Å². The lowest BCUT2D eigenvalue weighted by Gasteiger charge is -2.44. The summed E-state index contributed by atoms with van der Waals surface area (Å²) in [6, 6.07) is 30.7. The summed E-state index contributed by atoms with van der Waals surface area (Å²) in [4.78, 5) is 10.2. The first kappa shape index (κ1) is 30.7. The van der Waals surface area contributed by atoms with Crippen molar-refractivity contribution >= 4 is 57.4 Å². The summed E-state index contributed by atoms with van der Waals surface area (Å²) in [5, 5.41) is 0. The minimum absolute atomic E-state index is 0.0798. The van der Waals surface area contributed by atoms with Gasteiger partial charge in [0.25, 0.3) is 6.71 Å². The summed E-state index contributed by atoms with van der Waals surface area (Å²) in [6.07, 6.45) is 4.33. The lowest BCUT2D eigenvalue weighted by molar-refractivity contribution is 0.403. The van der Waals surface area contributed by atoms with Crippen LogP contribution in [0.1, 0.15) is 102 Å². The van der Waals surface area contributed by atoms with Gasteiger partial charge in [-0.25, -0.2) is 4.98 Å². The van der Waals surface area contributed by atoms with E-state index in [4.69, 9.17) is 4.98 Å². The number of nitrogens with zero attached hydrogens (tertiary/aromatic N) is 3. The number of pyridine rings is 1. The number of aryl methyl sites for hydroxylation is 2. The molecule has 0 spiro atoms. The van der Waals surface area contributed by atoms with Crippen LogP contribution in [0.3, 0.4) is 0 Å². The first-order valence-electron chi connectivity index (χ1n) is 18.2. The van der Waals surface area contributed by atoms with Crippen molar-refractivity contribution in [1.82, 2.24) is 4.98 Å². The Morgan fingerprint density at radius 2 is 1.08 bits per heavy atom. The number of hydrogen-bond donors (Lipinski definition) is 0. The molecule has 2 aliphatic carbocycles. The highest BCUT2D eigenvalue weighted by molar-refractivity contribution is 7.00. The highest BCUT2D eigenvalue weighted by Crippen LogP contribution is 2.54. The molecule has 0 radical (unpaired) electrons. The van der Waals surface area contributed by atoms with Crippen LogP contribution in [0, 0.1) is 13.8 Å². The summed E-state index contributed by atoms with van der Waals surface area (Å²) in [5.41, 5.74) is 19.1. The Bertz CT molecular complexity index is 2220. The summed E-state index contributed by atoms with van der Waals surface area (Å²) in [5.74, 6) is 1.03. The van der Waals surface area contributed by atoms with E-state index in [0.29, 0.717) is 0 Å². The molecule has 0 N–H and O–H groups in total. The standard InChI is InChI=1S/C45H48BN3/c1-27-11-14-29(15-12-27)49-37-18-13-28(2)21-35(37)46-36-23-33-34(45(9,10)26-44(33,7)8)24-39(36)48(38-19-20-47-41(49)40(38)46)30-16-17-31-32(22-30)43(5,6)25-42(31,3)4/h11-24H,25-26H2,1-10H3. The van der Waals surface area contributed by atoms with Crippen molar-refractivity contribution in [3.8, 4) is 0 Å². The van der Waals surface area contributed by atoms with Gasteiger partial charge in [0.2, 0.25) is 0 Å². The van der Waals surface area contributed by atoms with Crippen LogP contribution < -0.4 is 26.2 Å². The molecule has 49 heavy (non-hydrogen) atoms. The van der Waals surface area contributed by atoms with Crippen LogP contribution in [0.15, 0.2) is 85.1 Å². The SMILES string of the molecule is Cc1ccc(N2c3ccc(C)cc3B3c4cc5c(cc4N(c4ccc6c(c4)C(C)(C)CC6(C)C)c4ccnc2c43)C(C)(C)CC5(C)C)cc1. The molecule has 4 aromatic carbocycles. The maximum absolute atomic E-state index is 5.24. The van der Waals surface area contributed by atoms with Gasteiger partial charge < -0.3 is 4.90 Å². The van der Waals surface area contributed by atoms with Gasteiger partial charge in [0, 0.05) is 34.6 Å². The fraction of sp³-hybridized carbons (Fsp3) is 0.356. The molecule has 0 atom stereocenters. The predicted molar refractivity (Wildman–Crippen MR) is 209 cm³/mol. The quantitative estimate of drug-likeness (QED) is 0.175. The van der Waals surface area contributed by atoms with Crippen LogP contribution in [-0.4, -0.2) is 11.7 Å². The lowest BCUT2D eigenvalue weighted by Crippen LogP contribution is -2.62. The number of anilines is 6. The summed E-state index contributed by atoms with van der Waals surface area (Å²) in [7, 11) is 0. The highest BCUT2D eigenvalue weighted by atomic mass is 15.2. The van der Waals surface area contributed by atoms with Crippen LogP contribution in [0.2, 0.25) is 0 Å². The van der Waals surface area contributed by atoms with Crippen LogP contribution in [0.25, 0.3) is 0 Å². The molecule has 0 unspecified atom stereocenters. The first-order chi connectivity index (χ1) is 23.1. The summed E-state index contributed by atoms with van der Waals surface area (Å²) >= 11 is 0. The third kappa shape index (κ3) is 4.25. The van der Waals surface area contributed by atoms with Crippen molar-refractivity contribution in [2.45, 2.75) is 104 Å². The number of hydrogen-bond acceptors (Lipinski definition) is 3. The van der Waals surface area contributed by atoms with E-state index in [2.05, 4.69) is 158 Å². The second-order valence-electron chi connectivity index (χ2n) is 18.1. The van der Waals surface area contributed by atoms with E-state index in [1.165, 1.54) is 72.5 Å². The van der Waals surface area contributed by atoms with Crippen LogP contribution in [-0.2, 0) is 21.7 Å². The average Bonchev–Trinajstić information content (AvgIpc) is 3.34. The minimum atomic E-state index is 0.0798. The summed E-state index contributed by atoms with van der Waals surface area (Å²) in [6.45, 7) is 23.9. The zero-order chi connectivity index (χ0) is 34.4. The number of rotatable bonds is 2. The molecule has 9 rings (SSSR count). The van der Waals surface area contributed by atoms with Crippen molar-refractivity contribution in [2.24, 2.45) is 0 Å². The molecule has 0 saturated carbocycles. The third-order valence-corrected chi connectivity index (χ3v) is 12.4. The van der Waals surface area contributed by atoms with E-state index >= 15 is 0 Å². The Balaban J connectivity index is 1.38.